The Kier molecular flexibility index (Phi) is 11.6. The van der Waals surface area contributed by atoms with Gasteiger partial charge in [0.05, 0.1) is 11.9 Å². The van der Waals surface area contributed by atoms with Crippen LogP contribution in [0.4, 0.5) is 5.69 Å². The van der Waals surface area contributed by atoms with Gasteiger partial charge in [-0.05, 0) is 61.2 Å². The summed E-state index contributed by atoms with van der Waals surface area (Å²) in [5, 5.41) is 3.35. The van der Waals surface area contributed by atoms with Crippen molar-refractivity contribution in [3.63, 3.8) is 0 Å². The molecule has 0 heterocycles. The summed E-state index contributed by atoms with van der Waals surface area (Å²) in [7, 11) is -3.63. The van der Waals surface area contributed by atoms with E-state index < -0.39 is 16.1 Å². The molecular formula is C30H35BrClN3O4S. The number of likely N-dealkylation sites (N-methyl/N-ethyl adjacent to an activating group) is 1. The predicted octanol–water partition coefficient (Wildman–Crippen LogP) is 5.73. The number of nitrogens with zero attached hydrogens (tertiary/aromatic N) is 2. The summed E-state index contributed by atoms with van der Waals surface area (Å²) in [6, 6.07) is 21.6. The fourth-order valence-corrected chi connectivity index (χ4v) is 6.16. The monoisotopic (exact) mass is 647 g/mol. The molecule has 40 heavy (non-hydrogen) atoms. The number of hydrogen-bond donors (Lipinski definition) is 1. The van der Waals surface area contributed by atoms with Crippen LogP contribution in [0.25, 0.3) is 0 Å². The number of hydrogen-bond acceptors (Lipinski definition) is 4. The molecule has 0 bridgehead atoms. The van der Waals surface area contributed by atoms with Crippen molar-refractivity contribution in [2.24, 2.45) is 0 Å². The molecule has 0 aromatic heterocycles. The number of nitrogens with one attached hydrogen (secondary N) is 1. The molecule has 0 unspecified atom stereocenters. The molecule has 0 aliphatic heterocycles. The number of carbonyl (C=O) groups excluding carboxylic acids is 2. The Balaban J connectivity index is 1.88. The van der Waals surface area contributed by atoms with Crippen LogP contribution in [0.15, 0.2) is 77.3 Å². The van der Waals surface area contributed by atoms with Crippen LogP contribution in [0.2, 0.25) is 5.02 Å². The number of benzene rings is 3. The van der Waals surface area contributed by atoms with Gasteiger partial charge in [-0.25, -0.2) is 8.42 Å². The van der Waals surface area contributed by atoms with Gasteiger partial charge in [0.15, 0.2) is 0 Å². The summed E-state index contributed by atoms with van der Waals surface area (Å²) in [5.74, 6) is -0.467. The molecule has 0 spiro atoms. The highest BCUT2D eigenvalue weighted by Crippen LogP contribution is 2.28. The van der Waals surface area contributed by atoms with E-state index in [-0.39, 0.29) is 37.7 Å². The van der Waals surface area contributed by atoms with Gasteiger partial charge in [0, 0.05) is 42.0 Å². The molecule has 1 N–H and O–H groups in total. The van der Waals surface area contributed by atoms with E-state index in [4.69, 9.17) is 11.6 Å². The first-order valence-corrected chi connectivity index (χ1v) is 16.1. The number of anilines is 1. The van der Waals surface area contributed by atoms with E-state index in [9.17, 15) is 18.0 Å². The SMILES string of the molecule is CCNC(=O)[C@@H](Cc1ccccc1)N(Cc1cccc(Br)c1)C(=O)CCCN(c1cccc(Cl)c1C)S(C)(=O)=O. The van der Waals surface area contributed by atoms with Crippen molar-refractivity contribution in [2.45, 2.75) is 45.7 Å². The molecule has 0 aliphatic rings. The van der Waals surface area contributed by atoms with Crippen LogP contribution in [0.5, 0.6) is 0 Å². The third-order valence-electron chi connectivity index (χ3n) is 6.52. The molecule has 3 aromatic rings. The molecule has 7 nitrogen and oxygen atoms in total. The zero-order valence-electron chi connectivity index (χ0n) is 22.9. The summed E-state index contributed by atoms with van der Waals surface area (Å²) in [5.41, 5.74) is 2.94. The smallest absolute Gasteiger partial charge is 0.243 e. The van der Waals surface area contributed by atoms with E-state index in [2.05, 4.69) is 21.2 Å². The van der Waals surface area contributed by atoms with Gasteiger partial charge in [-0.2, -0.15) is 0 Å². The zero-order chi connectivity index (χ0) is 29.3. The molecule has 0 saturated carbocycles. The maximum atomic E-state index is 13.8. The second-order valence-electron chi connectivity index (χ2n) is 9.57. The fraction of sp³-hybridized carbons (Fsp3) is 0.333. The van der Waals surface area contributed by atoms with Gasteiger partial charge >= 0.3 is 0 Å². The Morgan fingerprint density at radius 1 is 1.00 bits per heavy atom. The molecule has 10 heteroatoms. The van der Waals surface area contributed by atoms with Gasteiger partial charge in [-0.15, -0.1) is 0 Å². The van der Waals surface area contributed by atoms with E-state index >= 15 is 0 Å². The highest BCUT2D eigenvalue weighted by atomic mass is 79.9. The standard InChI is InChI=1S/C30H35BrClN3O4S/c1-4-33-30(37)28(20-23-11-6-5-7-12-23)34(21-24-13-8-14-25(31)19-24)29(36)17-10-18-35(40(3,38)39)27-16-9-15-26(32)22(27)2/h5-9,11-16,19,28H,4,10,17-18,20-21H2,1-3H3,(H,33,37)/t28-/m1/s1. The lowest BCUT2D eigenvalue weighted by molar-refractivity contribution is -0.141. The Hall–Kier alpha value is -2.88. The Labute approximate surface area is 250 Å². The molecule has 3 rings (SSSR count). The number of rotatable bonds is 13. The predicted molar refractivity (Wildman–Crippen MR) is 165 cm³/mol. The molecule has 0 fully saturated rings. The fourth-order valence-electron chi connectivity index (χ4n) is 4.53. The van der Waals surface area contributed by atoms with Gasteiger partial charge in [0.2, 0.25) is 21.8 Å². The van der Waals surface area contributed by atoms with E-state index in [1.807, 2.05) is 61.5 Å². The Morgan fingerprint density at radius 2 is 1.68 bits per heavy atom. The van der Waals surface area contributed by atoms with E-state index in [1.165, 1.54) is 4.31 Å². The van der Waals surface area contributed by atoms with Crippen LogP contribution in [-0.4, -0.2) is 50.5 Å². The van der Waals surface area contributed by atoms with Crippen molar-refractivity contribution in [2.75, 3.05) is 23.7 Å². The minimum atomic E-state index is -3.63. The third kappa shape index (κ3) is 8.81. The van der Waals surface area contributed by atoms with Crippen LogP contribution in [0.1, 0.15) is 36.5 Å². The first-order chi connectivity index (χ1) is 19.0. The number of sulfonamides is 1. The minimum absolute atomic E-state index is 0.0599. The minimum Gasteiger partial charge on any atom is -0.355 e. The summed E-state index contributed by atoms with van der Waals surface area (Å²) in [4.78, 5) is 28.7. The van der Waals surface area contributed by atoms with Crippen LogP contribution in [0.3, 0.4) is 0 Å². The van der Waals surface area contributed by atoms with Crippen LogP contribution < -0.4 is 9.62 Å². The average molecular weight is 649 g/mol. The molecule has 0 radical (unpaired) electrons. The van der Waals surface area contributed by atoms with Gasteiger partial charge in [0.25, 0.3) is 0 Å². The maximum Gasteiger partial charge on any atom is 0.243 e. The second kappa shape index (κ2) is 14.7. The van der Waals surface area contributed by atoms with Crippen molar-refractivity contribution in [1.29, 1.82) is 0 Å². The van der Waals surface area contributed by atoms with Crippen molar-refractivity contribution in [1.82, 2.24) is 10.2 Å². The zero-order valence-corrected chi connectivity index (χ0v) is 26.1. The Morgan fingerprint density at radius 3 is 2.33 bits per heavy atom. The molecule has 0 aliphatic carbocycles. The van der Waals surface area contributed by atoms with E-state index in [0.29, 0.717) is 29.2 Å². The van der Waals surface area contributed by atoms with Crippen LogP contribution in [-0.2, 0) is 32.6 Å². The summed E-state index contributed by atoms with van der Waals surface area (Å²) >= 11 is 9.74. The molecule has 2 amide bonds. The van der Waals surface area contributed by atoms with Gasteiger partial charge in [0.1, 0.15) is 6.04 Å². The van der Waals surface area contributed by atoms with E-state index in [1.54, 1.807) is 30.0 Å². The normalized spacial score (nSPS) is 12.0. The topological polar surface area (TPSA) is 86.8 Å². The maximum absolute atomic E-state index is 13.8. The summed E-state index contributed by atoms with van der Waals surface area (Å²) < 4.78 is 27.5. The molecule has 0 saturated heterocycles. The molecular weight excluding hydrogens is 614 g/mol. The highest BCUT2D eigenvalue weighted by Gasteiger charge is 2.30. The molecule has 214 valence electrons. The lowest BCUT2D eigenvalue weighted by atomic mass is 10.0. The average Bonchev–Trinajstić information content (AvgIpc) is 2.90. The van der Waals surface area contributed by atoms with Gasteiger partial charge in [-0.1, -0.05) is 76.1 Å². The van der Waals surface area contributed by atoms with Gasteiger partial charge < -0.3 is 10.2 Å². The van der Waals surface area contributed by atoms with Crippen molar-refractivity contribution >= 4 is 55.1 Å². The number of amides is 2. The largest absolute Gasteiger partial charge is 0.355 e. The number of carbonyl (C=O) groups is 2. The summed E-state index contributed by atoms with van der Waals surface area (Å²) in [6.07, 6.45) is 1.81. The first kappa shape index (κ1) is 31.6. The van der Waals surface area contributed by atoms with Crippen LogP contribution in [0, 0.1) is 6.92 Å². The van der Waals surface area contributed by atoms with Crippen molar-refractivity contribution < 1.29 is 18.0 Å². The lowest BCUT2D eigenvalue weighted by Gasteiger charge is -2.32. The Bertz CT molecular complexity index is 1420. The van der Waals surface area contributed by atoms with Crippen LogP contribution >= 0.6 is 27.5 Å². The van der Waals surface area contributed by atoms with Gasteiger partial charge in [-0.3, -0.25) is 13.9 Å². The van der Waals surface area contributed by atoms with E-state index in [0.717, 1.165) is 21.9 Å². The first-order valence-electron chi connectivity index (χ1n) is 13.1. The third-order valence-corrected chi connectivity index (χ3v) is 8.61. The second-order valence-corrected chi connectivity index (χ2v) is 12.8. The number of halogens is 2. The molecule has 3 aromatic carbocycles. The van der Waals surface area contributed by atoms with Crippen molar-refractivity contribution in [3.05, 3.63) is 99.0 Å². The highest BCUT2D eigenvalue weighted by molar-refractivity contribution is 9.10. The quantitative estimate of drug-likeness (QED) is 0.256. The molecule has 1 atom stereocenters. The lowest BCUT2D eigenvalue weighted by Crippen LogP contribution is -2.50. The summed E-state index contributed by atoms with van der Waals surface area (Å²) in [6.45, 7) is 4.37. The van der Waals surface area contributed by atoms with Crippen molar-refractivity contribution in [3.8, 4) is 0 Å².